The third kappa shape index (κ3) is 2.74. The van der Waals surface area contributed by atoms with Crippen LogP contribution in [0.25, 0.3) is 0 Å². The van der Waals surface area contributed by atoms with Gasteiger partial charge in [-0.2, -0.15) is 5.10 Å². The van der Waals surface area contributed by atoms with Gasteiger partial charge in [0, 0.05) is 12.8 Å². The van der Waals surface area contributed by atoms with Gasteiger partial charge in [-0.05, 0) is 5.56 Å². The number of hydrazone groups is 1. The van der Waals surface area contributed by atoms with Gasteiger partial charge in [-0.1, -0.05) is 30.3 Å². The highest BCUT2D eigenvalue weighted by molar-refractivity contribution is 6.37. The summed E-state index contributed by atoms with van der Waals surface area (Å²) in [5, 5.41) is 5.38. The molecule has 5 nitrogen and oxygen atoms in total. The van der Waals surface area contributed by atoms with E-state index in [0.717, 1.165) is 5.56 Å². The SMILES string of the molecule is COC(=O)C1=NN(Cc2ccccc2)C(=O)CC1. The summed E-state index contributed by atoms with van der Waals surface area (Å²) in [6.07, 6.45) is 0.636. The second kappa shape index (κ2) is 5.44. The molecule has 1 aromatic rings. The first-order chi connectivity index (χ1) is 8.70. The number of rotatable bonds is 3. The van der Waals surface area contributed by atoms with Crippen molar-refractivity contribution >= 4 is 17.6 Å². The third-order valence-corrected chi connectivity index (χ3v) is 2.70. The van der Waals surface area contributed by atoms with E-state index in [-0.39, 0.29) is 5.91 Å². The van der Waals surface area contributed by atoms with Crippen LogP contribution in [-0.4, -0.2) is 29.7 Å². The summed E-state index contributed by atoms with van der Waals surface area (Å²) < 4.78 is 4.62. The molecule has 1 aliphatic rings. The van der Waals surface area contributed by atoms with Gasteiger partial charge in [0.15, 0.2) is 0 Å². The van der Waals surface area contributed by atoms with Crippen molar-refractivity contribution in [2.75, 3.05) is 7.11 Å². The monoisotopic (exact) mass is 246 g/mol. The average Bonchev–Trinajstić information content (AvgIpc) is 2.41. The molecule has 1 heterocycles. The smallest absolute Gasteiger partial charge is 0.354 e. The van der Waals surface area contributed by atoms with Gasteiger partial charge >= 0.3 is 5.97 Å². The number of hydrogen-bond acceptors (Lipinski definition) is 4. The fraction of sp³-hybridized carbons (Fsp3) is 0.308. The Morgan fingerprint density at radius 1 is 1.33 bits per heavy atom. The molecule has 0 saturated carbocycles. The molecule has 0 atom stereocenters. The maximum atomic E-state index is 11.7. The van der Waals surface area contributed by atoms with E-state index in [2.05, 4.69) is 9.84 Å². The molecule has 1 amide bonds. The lowest BCUT2D eigenvalue weighted by Crippen LogP contribution is -2.34. The minimum atomic E-state index is -0.472. The molecular weight excluding hydrogens is 232 g/mol. The second-order valence-corrected chi connectivity index (χ2v) is 3.98. The first-order valence-corrected chi connectivity index (χ1v) is 5.71. The van der Waals surface area contributed by atoms with E-state index in [4.69, 9.17) is 0 Å². The summed E-state index contributed by atoms with van der Waals surface area (Å²) in [6.45, 7) is 0.375. The highest BCUT2D eigenvalue weighted by atomic mass is 16.5. The molecule has 0 aliphatic carbocycles. The molecule has 0 fully saturated rings. The maximum absolute atomic E-state index is 11.7. The molecule has 0 spiro atoms. The Balaban J connectivity index is 2.15. The first kappa shape index (κ1) is 12.3. The van der Waals surface area contributed by atoms with Crippen LogP contribution < -0.4 is 0 Å². The van der Waals surface area contributed by atoms with Gasteiger partial charge in [0.2, 0.25) is 5.91 Å². The zero-order valence-electron chi connectivity index (χ0n) is 10.1. The van der Waals surface area contributed by atoms with Crippen LogP contribution in [0.4, 0.5) is 0 Å². The summed E-state index contributed by atoms with van der Waals surface area (Å²) in [5.74, 6) is -0.549. The molecule has 2 rings (SSSR count). The van der Waals surface area contributed by atoms with Gasteiger partial charge in [-0.25, -0.2) is 9.80 Å². The molecule has 5 heteroatoms. The van der Waals surface area contributed by atoms with Crippen molar-refractivity contribution < 1.29 is 14.3 Å². The Kier molecular flexibility index (Phi) is 3.72. The fourth-order valence-corrected chi connectivity index (χ4v) is 1.75. The number of esters is 1. The maximum Gasteiger partial charge on any atom is 0.354 e. The number of methoxy groups -OCH3 is 1. The largest absolute Gasteiger partial charge is 0.464 e. The highest BCUT2D eigenvalue weighted by Gasteiger charge is 2.24. The normalized spacial score (nSPS) is 15.3. The minimum absolute atomic E-state index is 0.0773. The molecule has 0 radical (unpaired) electrons. The van der Waals surface area contributed by atoms with Crippen molar-refractivity contribution in [1.82, 2.24) is 5.01 Å². The molecule has 18 heavy (non-hydrogen) atoms. The van der Waals surface area contributed by atoms with Crippen molar-refractivity contribution in [3.8, 4) is 0 Å². The molecule has 1 aromatic carbocycles. The summed E-state index contributed by atoms with van der Waals surface area (Å²) in [6, 6.07) is 9.53. The Morgan fingerprint density at radius 2 is 2.06 bits per heavy atom. The number of ether oxygens (including phenoxy) is 1. The zero-order chi connectivity index (χ0) is 13.0. The lowest BCUT2D eigenvalue weighted by atomic mass is 10.1. The van der Waals surface area contributed by atoms with Crippen LogP contribution in [0.1, 0.15) is 18.4 Å². The second-order valence-electron chi connectivity index (χ2n) is 3.98. The Hall–Kier alpha value is -2.17. The number of amides is 1. The van der Waals surface area contributed by atoms with Gasteiger partial charge in [0.1, 0.15) is 5.71 Å². The van der Waals surface area contributed by atoms with E-state index < -0.39 is 5.97 Å². The molecule has 0 saturated heterocycles. The predicted octanol–water partition coefficient (Wildman–Crippen LogP) is 1.34. The quantitative estimate of drug-likeness (QED) is 0.756. The topological polar surface area (TPSA) is 59.0 Å². The van der Waals surface area contributed by atoms with Crippen LogP contribution in [0.2, 0.25) is 0 Å². The predicted molar refractivity (Wildman–Crippen MR) is 65.7 cm³/mol. The molecule has 0 aromatic heterocycles. The first-order valence-electron chi connectivity index (χ1n) is 5.71. The van der Waals surface area contributed by atoms with E-state index in [1.807, 2.05) is 30.3 Å². The average molecular weight is 246 g/mol. The standard InChI is InChI=1S/C13H14N2O3/c1-18-13(17)11-7-8-12(16)15(14-11)9-10-5-3-2-4-6-10/h2-6H,7-9H2,1H3. The van der Waals surface area contributed by atoms with Gasteiger partial charge in [0.05, 0.1) is 13.7 Å². The number of carbonyl (C=O) groups is 2. The molecule has 94 valence electrons. The van der Waals surface area contributed by atoms with E-state index in [0.29, 0.717) is 25.1 Å². The number of nitrogens with zero attached hydrogens (tertiary/aromatic N) is 2. The van der Waals surface area contributed by atoms with Crippen LogP contribution in [0.5, 0.6) is 0 Å². The van der Waals surface area contributed by atoms with Gasteiger partial charge in [0.25, 0.3) is 0 Å². The van der Waals surface area contributed by atoms with E-state index in [9.17, 15) is 9.59 Å². The summed E-state index contributed by atoms with van der Waals surface area (Å²) in [7, 11) is 1.31. The summed E-state index contributed by atoms with van der Waals surface area (Å²) >= 11 is 0. The van der Waals surface area contributed by atoms with E-state index >= 15 is 0 Å². The van der Waals surface area contributed by atoms with Gasteiger partial charge in [-0.3, -0.25) is 4.79 Å². The summed E-state index contributed by atoms with van der Waals surface area (Å²) in [4.78, 5) is 23.1. The van der Waals surface area contributed by atoms with Crippen molar-refractivity contribution in [3.63, 3.8) is 0 Å². The van der Waals surface area contributed by atoms with Crippen molar-refractivity contribution in [2.45, 2.75) is 19.4 Å². The van der Waals surface area contributed by atoms with Crippen LogP contribution in [0.15, 0.2) is 35.4 Å². The van der Waals surface area contributed by atoms with Crippen LogP contribution >= 0.6 is 0 Å². The van der Waals surface area contributed by atoms with Crippen molar-refractivity contribution in [1.29, 1.82) is 0 Å². The van der Waals surface area contributed by atoms with E-state index in [1.165, 1.54) is 12.1 Å². The van der Waals surface area contributed by atoms with Crippen LogP contribution in [0.3, 0.4) is 0 Å². The molecular formula is C13H14N2O3. The van der Waals surface area contributed by atoms with Crippen LogP contribution in [-0.2, 0) is 20.9 Å². The molecule has 0 bridgehead atoms. The Labute approximate surface area is 105 Å². The zero-order valence-corrected chi connectivity index (χ0v) is 10.1. The Morgan fingerprint density at radius 3 is 2.72 bits per heavy atom. The van der Waals surface area contributed by atoms with Crippen molar-refractivity contribution in [3.05, 3.63) is 35.9 Å². The van der Waals surface area contributed by atoms with Crippen molar-refractivity contribution in [2.24, 2.45) is 5.10 Å². The molecule has 1 aliphatic heterocycles. The molecule has 0 unspecified atom stereocenters. The lowest BCUT2D eigenvalue weighted by Gasteiger charge is -2.22. The highest BCUT2D eigenvalue weighted by Crippen LogP contribution is 2.13. The lowest BCUT2D eigenvalue weighted by molar-refractivity contribution is -0.134. The number of benzene rings is 1. The van der Waals surface area contributed by atoms with Gasteiger partial charge < -0.3 is 4.74 Å². The van der Waals surface area contributed by atoms with E-state index in [1.54, 1.807) is 0 Å². The fourth-order valence-electron chi connectivity index (χ4n) is 1.75. The Bertz CT molecular complexity index is 482. The molecule has 0 N–H and O–H groups in total. The number of carbonyl (C=O) groups excluding carboxylic acids is 2. The number of hydrogen-bond donors (Lipinski definition) is 0. The van der Waals surface area contributed by atoms with Crippen LogP contribution in [0, 0.1) is 0 Å². The summed E-state index contributed by atoms with van der Waals surface area (Å²) in [5.41, 5.74) is 1.27. The minimum Gasteiger partial charge on any atom is -0.464 e. The third-order valence-electron chi connectivity index (χ3n) is 2.70. The van der Waals surface area contributed by atoms with Gasteiger partial charge in [-0.15, -0.1) is 0 Å².